The van der Waals surface area contributed by atoms with Crippen molar-refractivity contribution in [2.45, 2.75) is 11.5 Å². The van der Waals surface area contributed by atoms with E-state index in [0.29, 0.717) is 18.7 Å². The first kappa shape index (κ1) is 17.7. The van der Waals surface area contributed by atoms with Crippen molar-refractivity contribution in [1.82, 2.24) is 9.21 Å². The van der Waals surface area contributed by atoms with Crippen LogP contribution in [0.2, 0.25) is 10.0 Å². The van der Waals surface area contributed by atoms with Gasteiger partial charge in [0.1, 0.15) is 4.90 Å². The molecule has 0 spiro atoms. The highest BCUT2D eigenvalue weighted by Crippen LogP contribution is 2.30. The number of nitrogens with zero attached hydrogens (tertiary/aromatic N) is 2. The van der Waals surface area contributed by atoms with Gasteiger partial charge in [-0.3, -0.25) is 0 Å². The second-order valence-electron chi connectivity index (χ2n) is 4.66. The van der Waals surface area contributed by atoms with Crippen LogP contribution in [-0.2, 0) is 16.6 Å². The summed E-state index contributed by atoms with van der Waals surface area (Å²) in [6.45, 7) is 0.580. The highest BCUT2D eigenvalue weighted by Gasteiger charge is 2.24. The van der Waals surface area contributed by atoms with Crippen molar-refractivity contribution in [2.24, 2.45) is 0 Å². The number of hydrogen-bond acceptors (Lipinski definition) is 4. The lowest BCUT2D eigenvalue weighted by Crippen LogP contribution is -2.33. The van der Waals surface area contributed by atoms with E-state index in [1.165, 1.54) is 23.5 Å². The van der Waals surface area contributed by atoms with Gasteiger partial charge in [0.25, 0.3) is 0 Å². The van der Waals surface area contributed by atoms with Gasteiger partial charge in [-0.25, -0.2) is 8.42 Å². The van der Waals surface area contributed by atoms with Crippen LogP contribution in [-0.4, -0.2) is 57.0 Å². The van der Waals surface area contributed by atoms with Gasteiger partial charge in [-0.15, -0.1) is 0 Å². The van der Waals surface area contributed by atoms with Crippen LogP contribution < -0.4 is 0 Å². The molecule has 1 rings (SSSR count). The zero-order chi connectivity index (χ0) is 15.5. The van der Waals surface area contributed by atoms with Gasteiger partial charge in [-0.05, 0) is 31.8 Å². The molecule has 0 aliphatic rings. The van der Waals surface area contributed by atoms with Crippen molar-refractivity contribution in [3.05, 3.63) is 27.7 Å². The molecule has 8 heteroatoms. The number of aliphatic hydroxyl groups excluding tert-OH is 1. The van der Waals surface area contributed by atoms with Crippen LogP contribution in [0.5, 0.6) is 0 Å². The molecule has 0 aromatic heterocycles. The van der Waals surface area contributed by atoms with E-state index >= 15 is 0 Å². The van der Waals surface area contributed by atoms with Crippen LogP contribution in [0.25, 0.3) is 0 Å². The van der Waals surface area contributed by atoms with Crippen molar-refractivity contribution < 1.29 is 13.5 Å². The number of aliphatic hydroxyl groups is 1. The van der Waals surface area contributed by atoms with Gasteiger partial charge in [0.05, 0.1) is 11.6 Å². The smallest absolute Gasteiger partial charge is 0.244 e. The zero-order valence-electron chi connectivity index (χ0n) is 11.6. The third kappa shape index (κ3) is 4.07. The van der Waals surface area contributed by atoms with E-state index in [1.807, 2.05) is 19.0 Å². The van der Waals surface area contributed by atoms with Crippen molar-refractivity contribution in [3.63, 3.8) is 0 Å². The molecule has 0 fully saturated rings. The van der Waals surface area contributed by atoms with Gasteiger partial charge in [0.15, 0.2) is 0 Å². The number of sulfonamides is 1. The molecule has 0 saturated heterocycles. The third-order valence-electron chi connectivity index (χ3n) is 2.82. The maximum atomic E-state index is 12.4. The van der Waals surface area contributed by atoms with Crippen LogP contribution in [0.4, 0.5) is 0 Å². The molecule has 1 aromatic carbocycles. The van der Waals surface area contributed by atoms with Gasteiger partial charge in [0.2, 0.25) is 10.0 Å². The zero-order valence-corrected chi connectivity index (χ0v) is 13.9. The molecular formula is C12H18Cl2N2O3S. The molecular weight excluding hydrogens is 323 g/mol. The molecule has 1 N–H and O–H groups in total. The third-order valence-corrected chi connectivity index (χ3v) is 5.49. The average molecular weight is 341 g/mol. The SMILES string of the molecule is CN(C)CCN(C)S(=O)(=O)c1cc(CO)c(Cl)cc1Cl. The van der Waals surface area contributed by atoms with Crippen molar-refractivity contribution in [1.29, 1.82) is 0 Å². The second kappa shape index (κ2) is 7.06. The molecule has 1 aromatic rings. The minimum atomic E-state index is -3.71. The molecule has 0 heterocycles. The highest BCUT2D eigenvalue weighted by molar-refractivity contribution is 7.89. The summed E-state index contributed by atoms with van der Waals surface area (Å²) < 4.78 is 26.1. The molecule has 0 aliphatic carbocycles. The largest absolute Gasteiger partial charge is 0.392 e. The van der Waals surface area contributed by atoms with E-state index in [4.69, 9.17) is 23.2 Å². The molecule has 20 heavy (non-hydrogen) atoms. The Morgan fingerprint density at radius 3 is 2.20 bits per heavy atom. The van der Waals surface area contributed by atoms with Crippen LogP contribution in [0.15, 0.2) is 17.0 Å². The summed E-state index contributed by atoms with van der Waals surface area (Å²) in [5.41, 5.74) is 0.329. The fraction of sp³-hybridized carbons (Fsp3) is 0.500. The van der Waals surface area contributed by atoms with Crippen LogP contribution in [0.1, 0.15) is 5.56 Å². The van der Waals surface area contributed by atoms with Crippen LogP contribution in [0, 0.1) is 0 Å². The molecule has 0 atom stereocenters. The summed E-state index contributed by atoms with van der Waals surface area (Å²) >= 11 is 11.8. The summed E-state index contributed by atoms with van der Waals surface area (Å²) in [5, 5.41) is 9.46. The maximum Gasteiger partial charge on any atom is 0.244 e. The molecule has 114 valence electrons. The van der Waals surface area contributed by atoms with E-state index in [1.54, 1.807) is 0 Å². The van der Waals surface area contributed by atoms with Gasteiger partial charge >= 0.3 is 0 Å². The summed E-state index contributed by atoms with van der Waals surface area (Å²) in [6, 6.07) is 2.65. The summed E-state index contributed by atoms with van der Waals surface area (Å²) in [4.78, 5) is 1.84. The Kier molecular flexibility index (Phi) is 6.25. The van der Waals surface area contributed by atoms with E-state index in [9.17, 15) is 13.5 Å². The van der Waals surface area contributed by atoms with E-state index in [-0.39, 0.29) is 21.5 Å². The number of hydrogen-bond donors (Lipinski definition) is 1. The summed E-state index contributed by atoms with van der Waals surface area (Å²) in [5.74, 6) is 0. The Bertz CT molecular complexity index is 576. The van der Waals surface area contributed by atoms with Gasteiger partial charge in [-0.2, -0.15) is 4.31 Å². The van der Waals surface area contributed by atoms with Gasteiger partial charge < -0.3 is 10.0 Å². The predicted octanol–water partition coefficient (Wildman–Crippen LogP) is 1.67. The number of benzene rings is 1. The topological polar surface area (TPSA) is 60.9 Å². The van der Waals surface area contributed by atoms with E-state index in [0.717, 1.165) is 0 Å². The van der Waals surface area contributed by atoms with Gasteiger partial charge in [-0.1, -0.05) is 23.2 Å². The normalized spacial score (nSPS) is 12.4. The van der Waals surface area contributed by atoms with Crippen LogP contribution >= 0.6 is 23.2 Å². The molecule has 0 amide bonds. The van der Waals surface area contributed by atoms with Crippen molar-refractivity contribution >= 4 is 33.2 Å². The summed E-state index contributed by atoms with van der Waals surface area (Å²) in [7, 11) is 1.50. The van der Waals surface area contributed by atoms with Crippen molar-refractivity contribution in [2.75, 3.05) is 34.2 Å². The fourth-order valence-electron chi connectivity index (χ4n) is 1.52. The Hall–Kier alpha value is -0.370. The minimum Gasteiger partial charge on any atom is -0.392 e. The first-order valence-electron chi connectivity index (χ1n) is 5.90. The average Bonchev–Trinajstić information content (AvgIpc) is 2.35. The molecule has 0 saturated carbocycles. The van der Waals surface area contributed by atoms with Crippen LogP contribution in [0.3, 0.4) is 0 Å². The Balaban J connectivity index is 3.15. The lowest BCUT2D eigenvalue weighted by molar-refractivity contribution is 0.281. The lowest BCUT2D eigenvalue weighted by Gasteiger charge is -2.20. The number of likely N-dealkylation sites (N-methyl/N-ethyl adjacent to an activating group) is 2. The first-order valence-corrected chi connectivity index (χ1v) is 8.09. The number of halogens is 2. The highest BCUT2D eigenvalue weighted by atomic mass is 35.5. The molecule has 0 unspecified atom stereocenters. The Labute approximate surface area is 129 Å². The minimum absolute atomic E-state index is 0.0453. The standard InChI is InChI=1S/C12H18Cl2N2O3S/c1-15(2)4-5-16(3)20(18,19)12-6-9(8-17)10(13)7-11(12)14/h6-7,17H,4-5,8H2,1-3H3. The maximum absolute atomic E-state index is 12.4. The number of rotatable bonds is 6. The summed E-state index contributed by atoms with van der Waals surface area (Å²) in [6.07, 6.45) is 0. The lowest BCUT2D eigenvalue weighted by atomic mass is 10.2. The molecule has 0 radical (unpaired) electrons. The quantitative estimate of drug-likeness (QED) is 0.855. The molecule has 0 aliphatic heterocycles. The van der Waals surface area contributed by atoms with Crippen molar-refractivity contribution in [3.8, 4) is 0 Å². The Morgan fingerprint density at radius 2 is 1.70 bits per heavy atom. The predicted molar refractivity (Wildman–Crippen MR) is 80.8 cm³/mol. The van der Waals surface area contributed by atoms with E-state index in [2.05, 4.69) is 0 Å². The second-order valence-corrected chi connectivity index (χ2v) is 7.49. The Morgan fingerprint density at radius 1 is 1.10 bits per heavy atom. The van der Waals surface area contributed by atoms with E-state index < -0.39 is 10.0 Å². The fourth-order valence-corrected chi connectivity index (χ4v) is 3.51. The van der Waals surface area contributed by atoms with Gasteiger partial charge in [0, 0.05) is 25.2 Å². The monoisotopic (exact) mass is 340 g/mol. The molecule has 5 nitrogen and oxygen atoms in total. The molecule has 0 bridgehead atoms. The first-order chi connectivity index (χ1) is 9.20.